The molecule has 1 aliphatic rings. The zero-order valence-electron chi connectivity index (χ0n) is 10.3. The van der Waals surface area contributed by atoms with Crippen molar-refractivity contribution in [1.82, 2.24) is 4.37 Å². The second-order valence-corrected chi connectivity index (χ2v) is 5.72. The summed E-state index contributed by atoms with van der Waals surface area (Å²) in [5, 5.41) is 13.5. The van der Waals surface area contributed by atoms with Gasteiger partial charge in [0.2, 0.25) is 0 Å². The highest BCUT2D eigenvalue weighted by Gasteiger charge is 2.30. The molecule has 0 aliphatic heterocycles. The fourth-order valence-electron chi connectivity index (χ4n) is 1.95. The van der Waals surface area contributed by atoms with Crippen LogP contribution in [-0.4, -0.2) is 22.6 Å². The van der Waals surface area contributed by atoms with Crippen molar-refractivity contribution < 1.29 is 5.11 Å². The third kappa shape index (κ3) is 3.33. The molecule has 0 aromatic carbocycles. The second kappa shape index (κ2) is 5.69. The monoisotopic (exact) mass is 255 g/mol. The van der Waals surface area contributed by atoms with Gasteiger partial charge in [0.1, 0.15) is 10.8 Å². The molecule has 0 radical (unpaired) electrons. The predicted molar refractivity (Wildman–Crippen MR) is 72.5 cm³/mol. The van der Waals surface area contributed by atoms with E-state index in [-0.39, 0.29) is 6.61 Å². The molecule has 1 aliphatic carbocycles. The minimum Gasteiger partial charge on any atom is -0.396 e. The van der Waals surface area contributed by atoms with Crippen LogP contribution in [0.4, 0.5) is 10.8 Å². The van der Waals surface area contributed by atoms with Gasteiger partial charge in [0, 0.05) is 18.7 Å². The topological polar surface area (TPSA) is 71.2 Å². The van der Waals surface area contributed by atoms with E-state index in [1.165, 1.54) is 29.9 Å². The van der Waals surface area contributed by atoms with Crippen molar-refractivity contribution in [3.05, 3.63) is 5.56 Å². The molecule has 96 valence electrons. The molecule has 2 rings (SSSR count). The molecule has 5 heteroatoms. The van der Waals surface area contributed by atoms with Gasteiger partial charge < -0.3 is 16.2 Å². The zero-order chi connectivity index (χ0) is 12.3. The number of aromatic nitrogens is 1. The van der Waals surface area contributed by atoms with Crippen molar-refractivity contribution in [2.75, 3.05) is 24.2 Å². The molecule has 1 aromatic heterocycles. The number of rotatable bonds is 7. The van der Waals surface area contributed by atoms with Crippen LogP contribution < -0.4 is 11.1 Å². The lowest BCUT2D eigenvalue weighted by molar-refractivity contribution is 0.229. The first kappa shape index (κ1) is 12.6. The lowest BCUT2D eigenvalue weighted by atomic mass is 10.1. The summed E-state index contributed by atoms with van der Waals surface area (Å²) in [5.74, 6) is 1.75. The molecule has 1 unspecified atom stereocenters. The number of anilines is 2. The van der Waals surface area contributed by atoms with Crippen LogP contribution in [0.2, 0.25) is 0 Å². The predicted octanol–water partition coefficient (Wildman–Crippen LogP) is 2.42. The number of nitrogens with zero attached hydrogens (tertiary/aromatic N) is 1. The van der Waals surface area contributed by atoms with E-state index in [1.807, 2.05) is 0 Å². The van der Waals surface area contributed by atoms with Crippen molar-refractivity contribution in [1.29, 1.82) is 0 Å². The van der Waals surface area contributed by atoms with Crippen LogP contribution in [0.5, 0.6) is 0 Å². The fraction of sp³-hybridized carbons (Fsp3) is 0.750. The maximum Gasteiger partial charge on any atom is 0.142 e. The Hall–Kier alpha value is -0.810. The van der Waals surface area contributed by atoms with Gasteiger partial charge >= 0.3 is 0 Å². The molecule has 1 atom stereocenters. The van der Waals surface area contributed by atoms with Crippen molar-refractivity contribution in [3.63, 3.8) is 0 Å². The fourth-order valence-corrected chi connectivity index (χ4v) is 2.77. The standard InChI is InChI=1S/C12H21N3OS/c1-8(7-16)3-2-6-14-12-10(9-4-5-9)11(13)15-17-12/h8-9,14,16H,2-7H2,1H3,(H2,13,15). The van der Waals surface area contributed by atoms with Gasteiger partial charge in [-0.3, -0.25) is 0 Å². The summed E-state index contributed by atoms with van der Waals surface area (Å²) in [6.45, 7) is 3.28. The Labute approximate surface area is 106 Å². The van der Waals surface area contributed by atoms with E-state index in [1.54, 1.807) is 0 Å². The summed E-state index contributed by atoms with van der Waals surface area (Å²) < 4.78 is 4.22. The molecular formula is C12H21N3OS. The second-order valence-electron chi connectivity index (χ2n) is 4.94. The number of hydrogen-bond acceptors (Lipinski definition) is 5. The average molecular weight is 255 g/mol. The van der Waals surface area contributed by atoms with Crippen molar-refractivity contribution in [2.24, 2.45) is 5.92 Å². The Morgan fingerprint density at radius 3 is 3.00 bits per heavy atom. The third-order valence-electron chi connectivity index (χ3n) is 3.21. The minimum atomic E-state index is 0.279. The van der Waals surface area contributed by atoms with Crippen molar-refractivity contribution in [3.8, 4) is 0 Å². The Bertz CT molecular complexity index is 363. The van der Waals surface area contributed by atoms with Crippen molar-refractivity contribution in [2.45, 2.75) is 38.5 Å². The Morgan fingerprint density at radius 1 is 1.59 bits per heavy atom. The molecule has 0 spiro atoms. The highest BCUT2D eigenvalue weighted by atomic mass is 32.1. The van der Waals surface area contributed by atoms with E-state index in [9.17, 15) is 0 Å². The van der Waals surface area contributed by atoms with E-state index in [0.717, 1.165) is 24.4 Å². The van der Waals surface area contributed by atoms with E-state index < -0.39 is 0 Å². The van der Waals surface area contributed by atoms with Crippen LogP contribution in [0.1, 0.15) is 44.1 Å². The minimum absolute atomic E-state index is 0.279. The third-order valence-corrected chi connectivity index (χ3v) is 4.05. The molecule has 1 saturated carbocycles. The molecule has 0 amide bonds. The van der Waals surface area contributed by atoms with Crippen molar-refractivity contribution >= 4 is 22.4 Å². The van der Waals surface area contributed by atoms with E-state index in [0.29, 0.717) is 17.7 Å². The number of aliphatic hydroxyl groups excluding tert-OH is 1. The largest absolute Gasteiger partial charge is 0.396 e. The summed E-state index contributed by atoms with van der Waals surface area (Å²) in [6, 6.07) is 0. The van der Waals surface area contributed by atoms with Crippen LogP contribution in [-0.2, 0) is 0 Å². The highest BCUT2D eigenvalue weighted by molar-refractivity contribution is 7.10. The number of nitrogens with two attached hydrogens (primary N) is 1. The molecule has 0 saturated heterocycles. The van der Waals surface area contributed by atoms with E-state index in [2.05, 4.69) is 16.6 Å². The Balaban J connectivity index is 1.79. The number of aliphatic hydroxyl groups is 1. The lowest BCUT2D eigenvalue weighted by Gasteiger charge is -2.09. The molecule has 0 bridgehead atoms. The molecule has 4 N–H and O–H groups in total. The average Bonchev–Trinajstić information content (AvgIpc) is 3.09. The molecule has 17 heavy (non-hydrogen) atoms. The lowest BCUT2D eigenvalue weighted by Crippen LogP contribution is -2.06. The summed E-state index contributed by atoms with van der Waals surface area (Å²) in [7, 11) is 0. The molecule has 1 heterocycles. The first-order valence-electron chi connectivity index (χ1n) is 6.32. The normalized spacial score (nSPS) is 17.1. The van der Waals surface area contributed by atoms with Gasteiger partial charge in [-0.1, -0.05) is 6.92 Å². The Morgan fingerprint density at radius 2 is 2.35 bits per heavy atom. The van der Waals surface area contributed by atoms with Crippen LogP contribution >= 0.6 is 11.5 Å². The van der Waals surface area contributed by atoms with Gasteiger partial charge in [-0.05, 0) is 49.1 Å². The van der Waals surface area contributed by atoms with Crippen LogP contribution in [0.15, 0.2) is 0 Å². The molecule has 1 aromatic rings. The van der Waals surface area contributed by atoms with Gasteiger partial charge in [0.25, 0.3) is 0 Å². The first-order valence-corrected chi connectivity index (χ1v) is 7.09. The molecule has 4 nitrogen and oxygen atoms in total. The number of nitrogen functional groups attached to an aromatic ring is 1. The highest BCUT2D eigenvalue weighted by Crippen LogP contribution is 2.47. The van der Waals surface area contributed by atoms with Gasteiger partial charge in [-0.15, -0.1) is 0 Å². The smallest absolute Gasteiger partial charge is 0.142 e. The van der Waals surface area contributed by atoms with Gasteiger partial charge in [-0.25, -0.2) is 0 Å². The SMILES string of the molecule is CC(CO)CCCNc1snc(N)c1C1CC1. The Kier molecular flexibility index (Phi) is 4.23. The van der Waals surface area contributed by atoms with E-state index in [4.69, 9.17) is 10.8 Å². The maximum atomic E-state index is 8.93. The van der Waals surface area contributed by atoms with Gasteiger partial charge in [0.15, 0.2) is 0 Å². The number of nitrogens with one attached hydrogen (secondary N) is 1. The van der Waals surface area contributed by atoms with Gasteiger partial charge in [-0.2, -0.15) is 4.37 Å². The van der Waals surface area contributed by atoms with Crippen LogP contribution in [0, 0.1) is 5.92 Å². The first-order chi connectivity index (χ1) is 8.22. The van der Waals surface area contributed by atoms with Crippen LogP contribution in [0.25, 0.3) is 0 Å². The molecule has 1 fully saturated rings. The van der Waals surface area contributed by atoms with E-state index >= 15 is 0 Å². The molecular weight excluding hydrogens is 234 g/mol. The zero-order valence-corrected chi connectivity index (χ0v) is 11.1. The quantitative estimate of drug-likeness (QED) is 0.654. The summed E-state index contributed by atoms with van der Waals surface area (Å²) in [4.78, 5) is 0. The summed E-state index contributed by atoms with van der Waals surface area (Å²) in [6.07, 6.45) is 4.62. The number of hydrogen-bond donors (Lipinski definition) is 3. The maximum absolute atomic E-state index is 8.93. The summed E-state index contributed by atoms with van der Waals surface area (Å²) in [5.41, 5.74) is 7.12. The summed E-state index contributed by atoms with van der Waals surface area (Å²) >= 11 is 1.47. The van der Waals surface area contributed by atoms with Crippen LogP contribution in [0.3, 0.4) is 0 Å². The van der Waals surface area contributed by atoms with Gasteiger partial charge in [0.05, 0.1) is 0 Å².